The van der Waals surface area contributed by atoms with Gasteiger partial charge in [-0.3, -0.25) is 20.4 Å². The number of amides is 2. The second-order valence-electron chi connectivity index (χ2n) is 5.40. The van der Waals surface area contributed by atoms with Crippen LogP contribution in [-0.4, -0.2) is 11.8 Å². The molecular formula is C17H22N2O2S. The molecule has 1 aromatic rings. The van der Waals surface area contributed by atoms with Crippen molar-refractivity contribution in [2.24, 2.45) is 5.92 Å². The number of carbonyl (C=O) groups is 2. The molecule has 1 aromatic heterocycles. The van der Waals surface area contributed by atoms with E-state index >= 15 is 0 Å². The molecule has 0 unspecified atom stereocenters. The summed E-state index contributed by atoms with van der Waals surface area (Å²) in [7, 11) is 0. The third-order valence-electron chi connectivity index (χ3n) is 3.84. The summed E-state index contributed by atoms with van der Waals surface area (Å²) < 4.78 is 0. The van der Waals surface area contributed by atoms with Crippen molar-refractivity contribution >= 4 is 23.2 Å². The highest BCUT2D eigenvalue weighted by Gasteiger charge is 2.22. The van der Waals surface area contributed by atoms with Gasteiger partial charge in [-0.05, 0) is 43.7 Å². The minimum atomic E-state index is -0.348. The molecule has 22 heavy (non-hydrogen) atoms. The number of hydrogen-bond acceptors (Lipinski definition) is 3. The van der Waals surface area contributed by atoms with Gasteiger partial charge in [0, 0.05) is 11.0 Å². The predicted molar refractivity (Wildman–Crippen MR) is 89.7 cm³/mol. The Bertz CT molecular complexity index is 602. The fourth-order valence-corrected chi connectivity index (χ4v) is 3.64. The van der Waals surface area contributed by atoms with Crippen LogP contribution in [0.15, 0.2) is 30.4 Å². The van der Waals surface area contributed by atoms with Crippen molar-refractivity contribution in [3.8, 4) is 0 Å². The third kappa shape index (κ3) is 4.31. The Morgan fingerprint density at radius 1 is 1.36 bits per heavy atom. The smallest absolute Gasteiger partial charge is 0.268 e. The topological polar surface area (TPSA) is 58.2 Å². The summed E-state index contributed by atoms with van der Waals surface area (Å²) in [6.07, 6.45) is 11.1. The lowest BCUT2D eigenvalue weighted by molar-refractivity contribution is -0.117. The molecule has 1 aliphatic rings. The van der Waals surface area contributed by atoms with Gasteiger partial charge in [-0.1, -0.05) is 31.6 Å². The minimum absolute atomic E-state index is 0.250. The van der Waals surface area contributed by atoms with Gasteiger partial charge in [0.05, 0.1) is 4.88 Å². The van der Waals surface area contributed by atoms with E-state index in [0.29, 0.717) is 4.88 Å². The number of carbonyl (C=O) groups excluding carboxylic acids is 2. The van der Waals surface area contributed by atoms with E-state index in [1.165, 1.54) is 40.7 Å². The molecule has 0 spiro atoms. The van der Waals surface area contributed by atoms with E-state index < -0.39 is 0 Å². The lowest BCUT2D eigenvalue weighted by atomic mass is 9.87. The molecule has 2 N–H and O–H groups in total. The quantitative estimate of drug-likeness (QED) is 0.509. The molecule has 0 aromatic carbocycles. The molecule has 2 rings (SSSR count). The van der Waals surface area contributed by atoms with Gasteiger partial charge in [-0.25, -0.2) is 0 Å². The molecule has 0 bridgehead atoms. The molecule has 0 saturated heterocycles. The lowest BCUT2D eigenvalue weighted by Crippen LogP contribution is -2.40. The zero-order valence-electron chi connectivity index (χ0n) is 13.0. The first kappa shape index (κ1) is 16.5. The molecule has 0 saturated carbocycles. The molecular weight excluding hydrogens is 296 g/mol. The van der Waals surface area contributed by atoms with Crippen LogP contribution in [0.3, 0.4) is 0 Å². The van der Waals surface area contributed by atoms with Gasteiger partial charge >= 0.3 is 0 Å². The van der Waals surface area contributed by atoms with Crippen LogP contribution in [0.4, 0.5) is 0 Å². The van der Waals surface area contributed by atoms with Gasteiger partial charge in [-0.2, -0.15) is 0 Å². The number of fused-ring (bicyclic) bond motifs is 1. The van der Waals surface area contributed by atoms with Crippen molar-refractivity contribution in [3.63, 3.8) is 0 Å². The SMILES string of the molecule is C/C=C/C=C/C(=O)NNC(=O)c1cc2c(s1)CC[C@H](CC)C2. The number of hydrazine groups is 1. The van der Waals surface area contributed by atoms with Crippen LogP contribution in [-0.2, 0) is 17.6 Å². The van der Waals surface area contributed by atoms with Gasteiger partial charge < -0.3 is 0 Å². The van der Waals surface area contributed by atoms with E-state index in [9.17, 15) is 9.59 Å². The van der Waals surface area contributed by atoms with Gasteiger partial charge in [0.2, 0.25) is 0 Å². The number of rotatable bonds is 4. The van der Waals surface area contributed by atoms with Crippen molar-refractivity contribution < 1.29 is 9.59 Å². The van der Waals surface area contributed by atoms with Gasteiger partial charge in [0.1, 0.15) is 0 Å². The maximum absolute atomic E-state index is 12.1. The van der Waals surface area contributed by atoms with Crippen molar-refractivity contribution in [1.82, 2.24) is 10.9 Å². The third-order valence-corrected chi connectivity index (χ3v) is 5.07. The summed E-state index contributed by atoms with van der Waals surface area (Å²) in [6, 6.07) is 1.97. The first-order chi connectivity index (χ1) is 10.6. The van der Waals surface area contributed by atoms with E-state index in [4.69, 9.17) is 0 Å². The summed E-state index contributed by atoms with van der Waals surface area (Å²) in [5.41, 5.74) is 6.14. The Balaban J connectivity index is 1.91. The minimum Gasteiger partial charge on any atom is -0.268 e. The number of thiophene rings is 1. The van der Waals surface area contributed by atoms with Crippen LogP contribution in [0.1, 0.15) is 46.8 Å². The van der Waals surface area contributed by atoms with Crippen LogP contribution < -0.4 is 10.9 Å². The lowest BCUT2D eigenvalue weighted by Gasteiger charge is -2.19. The van der Waals surface area contributed by atoms with Crippen molar-refractivity contribution in [1.29, 1.82) is 0 Å². The summed E-state index contributed by atoms with van der Waals surface area (Å²) in [4.78, 5) is 25.6. The fourth-order valence-electron chi connectivity index (χ4n) is 2.54. The Labute approximate surface area is 135 Å². The van der Waals surface area contributed by atoms with Gasteiger partial charge in [-0.15, -0.1) is 11.3 Å². The molecule has 118 valence electrons. The first-order valence-corrected chi connectivity index (χ1v) is 8.47. The summed E-state index contributed by atoms with van der Waals surface area (Å²) in [5, 5.41) is 0. The molecule has 1 aliphatic carbocycles. The molecule has 5 heteroatoms. The van der Waals surface area contributed by atoms with E-state index in [-0.39, 0.29) is 11.8 Å². The largest absolute Gasteiger partial charge is 0.279 e. The second-order valence-corrected chi connectivity index (χ2v) is 6.54. The highest BCUT2D eigenvalue weighted by Crippen LogP contribution is 2.33. The van der Waals surface area contributed by atoms with Gasteiger partial charge in [0.15, 0.2) is 0 Å². The van der Waals surface area contributed by atoms with Crippen molar-refractivity contribution in [3.05, 3.63) is 45.7 Å². The summed E-state index contributed by atoms with van der Waals surface area (Å²) in [5.74, 6) is 0.133. The number of aryl methyl sites for hydroxylation is 1. The van der Waals surface area contributed by atoms with Crippen LogP contribution in [0.5, 0.6) is 0 Å². The zero-order valence-corrected chi connectivity index (χ0v) is 13.8. The Kier molecular flexibility index (Phi) is 5.95. The Morgan fingerprint density at radius 2 is 2.18 bits per heavy atom. The predicted octanol–water partition coefficient (Wildman–Crippen LogP) is 3.16. The van der Waals surface area contributed by atoms with E-state index in [2.05, 4.69) is 17.8 Å². The second kappa shape index (κ2) is 7.94. The summed E-state index contributed by atoms with van der Waals surface area (Å²) >= 11 is 1.54. The molecule has 0 radical (unpaired) electrons. The Morgan fingerprint density at radius 3 is 2.91 bits per heavy atom. The maximum Gasteiger partial charge on any atom is 0.279 e. The fraction of sp³-hybridized carbons (Fsp3) is 0.412. The molecule has 1 atom stereocenters. The molecule has 1 heterocycles. The van der Waals surface area contributed by atoms with Crippen molar-refractivity contribution in [2.75, 3.05) is 0 Å². The summed E-state index contributed by atoms with van der Waals surface area (Å²) in [6.45, 7) is 4.08. The van der Waals surface area contributed by atoms with Crippen molar-refractivity contribution in [2.45, 2.75) is 39.5 Å². The number of allylic oxidation sites excluding steroid dienone is 3. The molecule has 0 fully saturated rings. The van der Waals surface area contributed by atoms with Crippen LogP contribution >= 0.6 is 11.3 Å². The van der Waals surface area contributed by atoms with E-state index in [0.717, 1.165) is 18.8 Å². The average molecular weight is 318 g/mol. The van der Waals surface area contributed by atoms with Crippen LogP contribution in [0.25, 0.3) is 0 Å². The van der Waals surface area contributed by atoms with Gasteiger partial charge in [0.25, 0.3) is 11.8 Å². The highest BCUT2D eigenvalue weighted by atomic mass is 32.1. The van der Waals surface area contributed by atoms with Crippen LogP contribution in [0.2, 0.25) is 0 Å². The monoisotopic (exact) mass is 318 g/mol. The molecule has 2 amide bonds. The maximum atomic E-state index is 12.1. The van der Waals surface area contributed by atoms with Crippen LogP contribution in [0, 0.1) is 5.92 Å². The van der Waals surface area contributed by atoms with E-state index in [1.807, 2.05) is 19.1 Å². The highest BCUT2D eigenvalue weighted by molar-refractivity contribution is 7.14. The molecule has 0 aliphatic heterocycles. The zero-order chi connectivity index (χ0) is 15.9. The average Bonchev–Trinajstić information content (AvgIpc) is 2.95. The van der Waals surface area contributed by atoms with E-state index in [1.54, 1.807) is 12.2 Å². The number of nitrogens with one attached hydrogen (secondary N) is 2. The molecule has 4 nitrogen and oxygen atoms in total. The first-order valence-electron chi connectivity index (χ1n) is 7.65. The standard InChI is InChI=1S/C17H22N2O2S/c1-3-5-6-7-16(20)18-19-17(21)15-11-13-10-12(4-2)8-9-14(13)22-15/h3,5-7,11-12H,4,8-10H2,1-2H3,(H,18,20)(H,19,21)/b5-3+,7-6+/t12-/m0/s1. The normalized spacial score (nSPS) is 17.6. The Hall–Kier alpha value is -1.88. The number of hydrogen-bond donors (Lipinski definition) is 2.